The van der Waals surface area contributed by atoms with Crippen molar-refractivity contribution in [2.45, 2.75) is 32.1 Å². The summed E-state index contributed by atoms with van der Waals surface area (Å²) in [6, 6.07) is 13.7. The average molecular weight is 455 g/mol. The number of anilines is 1. The van der Waals surface area contributed by atoms with Crippen molar-refractivity contribution in [3.05, 3.63) is 64.7 Å². The zero-order valence-electron chi connectivity index (χ0n) is 17.1. The molecule has 0 saturated carbocycles. The van der Waals surface area contributed by atoms with Crippen molar-refractivity contribution in [1.82, 2.24) is 5.32 Å². The number of thioether (sulfide) groups is 1. The first-order valence-corrected chi connectivity index (χ1v) is 12.4. The van der Waals surface area contributed by atoms with Crippen molar-refractivity contribution in [1.29, 1.82) is 0 Å². The lowest BCUT2D eigenvalue weighted by atomic mass is 10.1. The van der Waals surface area contributed by atoms with Gasteiger partial charge in [-0.05, 0) is 35.9 Å². The molecule has 0 aliphatic heterocycles. The Bertz CT molecular complexity index is 939. The minimum Gasteiger partial charge on any atom is -0.351 e. The Kier molecular flexibility index (Phi) is 8.02. The van der Waals surface area contributed by atoms with Crippen LogP contribution in [0.1, 0.15) is 36.7 Å². The van der Waals surface area contributed by atoms with Crippen LogP contribution in [0, 0.1) is 0 Å². The van der Waals surface area contributed by atoms with Crippen LogP contribution < -0.4 is 9.62 Å². The van der Waals surface area contributed by atoms with Crippen molar-refractivity contribution >= 4 is 45.0 Å². The number of nitrogens with zero attached hydrogens (tertiary/aromatic N) is 1. The number of sulfonamides is 1. The number of carbonyl (C=O) groups excluding carboxylic acids is 1. The molecule has 1 N–H and O–H groups in total. The van der Waals surface area contributed by atoms with Crippen LogP contribution in [0.4, 0.5) is 5.69 Å². The summed E-state index contributed by atoms with van der Waals surface area (Å²) in [7, 11) is -3.49. The van der Waals surface area contributed by atoms with E-state index in [1.54, 1.807) is 60.3 Å². The summed E-state index contributed by atoms with van der Waals surface area (Å²) in [5.41, 5.74) is 1.82. The van der Waals surface area contributed by atoms with Crippen molar-refractivity contribution in [3.8, 4) is 0 Å². The molecule has 0 aliphatic carbocycles. The third kappa shape index (κ3) is 7.91. The maximum Gasteiger partial charge on any atom is 0.251 e. The minimum atomic E-state index is -3.49. The molecule has 158 valence electrons. The van der Waals surface area contributed by atoms with E-state index in [0.717, 1.165) is 17.6 Å². The van der Waals surface area contributed by atoms with E-state index >= 15 is 0 Å². The third-order valence-corrected chi connectivity index (χ3v) is 6.61. The Hall–Kier alpha value is -1.70. The predicted octanol–water partition coefficient (Wildman–Crippen LogP) is 4.57. The molecule has 0 spiro atoms. The highest BCUT2D eigenvalue weighted by Crippen LogP contribution is 2.24. The number of hydrogen-bond donors (Lipinski definition) is 1. The zero-order valence-corrected chi connectivity index (χ0v) is 19.5. The summed E-state index contributed by atoms with van der Waals surface area (Å²) in [4.78, 5) is 12.3. The molecule has 0 radical (unpaired) electrons. The van der Waals surface area contributed by atoms with Gasteiger partial charge in [0.25, 0.3) is 5.91 Å². The second-order valence-electron chi connectivity index (χ2n) is 7.66. The van der Waals surface area contributed by atoms with Gasteiger partial charge in [0, 0.05) is 27.6 Å². The van der Waals surface area contributed by atoms with E-state index in [1.807, 2.05) is 0 Å². The summed E-state index contributed by atoms with van der Waals surface area (Å²) in [5, 5.41) is 3.37. The number of nitrogens with one attached hydrogen (secondary N) is 1. The molecule has 0 saturated heterocycles. The Morgan fingerprint density at radius 2 is 1.79 bits per heavy atom. The van der Waals surface area contributed by atoms with Crippen LogP contribution in [0.25, 0.3) is 0 Å². The van der Waals surface area contributed by atoms with E-state index in [0.29, 0.717) is 22.8 Å². The van der Waals surface area contributed by atoms with Gasteiger partial charge in [0.05, 0.1) is 18.5 Å². The molecule has 29 heavy (non-hydrogen) atoms. The van der Waals surface area contributed by atoms with Gasteiger partial charge in [-0.3, -0.25) is 9.10 Å². The molecule has 8 heteroatoms. The lowest BCUT2D eigenvalue weighted by Crippen LogP contribution is -2.29. The van der Waals surface area contributed by atoms with Gasteiger partial charge in [0.1, 0.15) is 0 Å². The van der Waals surface area contributed by atoms with Crippen LogP contribution >= 0.6 is 23.4 Å². The van der Waals surface area contributed by atoms with E-state index in [-0.39, 0.29) is 17.2 Å². The van der Waals surface area contributed by atoms with E-state index in [1.165, 1.54) is 4.31 Å². The Labute approximate surface area is 182 Å². The Morgan fingerprint density at radius 3 is 2.34 bits per heavy atom. The first kappa shape index (κ1) is 23.6. The number of amides is 1. The summed E-state index contributed by atoms with van der Waals surface area (Å²) in [6.45, 7) is 7.17. The monoisotopic (exact) mass is 454 g/mol. The van der Waals surface area contributed by atoms with Gasteiger partial charge < -0.3 is 5.32 Å². The fraction of sp³-hybridized carbons (Fsp3) is 0.381. The van der Waals surface area contributed by atoms with Gasteiger partial charge in [0.2, 0.25) is 10.0 Å². The molecule has 0 fully saturated rings. The molecule has 0 aliphatic rings. The summed E-state index contributed by atoms with van der Waals surface area (Å²) < 4.78 is 26.0. The van der Waals surface area contributed by atoms with Gasteiger partial charge >= 0.3 is 0 Å². The first-order chi connectivity index (χ1) is 13.5. The zero-order chi connectivity index (χ0) is 21.7. The van der Waals surface area contributed by atoms with Gasteiger partial charge in [-0.15, -0.1) is 0 Å². The fourth-order valence-corrected chi connectivity index (χ4v) is 4.46. The standard InChI is InChI=1S/C21H27ClN2O3S2/c1-21(2,3)28-13-12-23-20(25)17-10-8-16(9-11-17)15-24(29(4,26)27)19-7-5-6-18(22)14-19/h5-11,14H,12-13,15H2,1-4H3,(H,23,25). The van der Waals surface area contributed by atoms with Gasteiger partial charge in [-0.1, -0.05) is 50.6 Å². The number of hydrogen-bond acceptors (Lipinski definition) is 4. The maximum absolute atomic E-state index is 12.3. The first-order valence-electron chi connectivity index (χ1n) is 9.20. The topological polar surface area (TPSA) is 66.5 Å². The predicted molar refractivity (Wildman–Crippen MR) is 123 cm³/mol. The van der Waals surface area contributed by atoms with Crippen molar-refractivity contribution in [2.24, 2.45) is 0 Å². The van der Waals surface area contributed by atoms with Crippen LogP contribution in [0.3, 0.4) is 0 Å². The molecule has 0 bridgehead atoms. The largest absolute Gasteiger partial charge is 0.351 e. The summed E-state index contributed by atoms with van der Waals surface area (Å²) in [5.74, 6) is 0.705. The van der Waals surface area contributed by atoms with Crippen LogP contribution in [0.2, 0.25) is 5.02 Å². The van der Waals surface area contributed by atoms with Gasteiger partial charge in [-0.2, -0.15) is 11.8 Å². The summed E-state index contributed by atoms with van der Waals surface area (Å²) in [6.07, 6.45) is 1.16. The lowest BCUT2D eigenvalue weighted by Gasteiger charge is -2.22. The van der Waals surface area contributed by atoms with Crippen LogP contribution in [0.5, 0.6) is 0 Å². The van der Waals surface area contributed by atoms with Crippen molar-refractivity contribution in [2.75, 3.05) is 22.9 Å². The van der Waals surface area contributed by atoms with E-state index < -0.39 is 10.0 Å². The molecule has 0 unspecified atom stereocenters. The fourth-order valence-electron chi connectivity index (χ4n) is 2.58. The Balaban J connectivity index is 2.04. The lowest BCUT2D eigenvalue weighted by molar-refractivity contribution is 0.0956. The highest BCUT2D eigenvalue weighted by Gasteiger charge is 2.18. The Morgan fingerprint density at radius 1 is 1.14 bits per heavy atom. The molecule has 5 nitrogen and oxygen atoms in total. The van der Waals surface area contributed by atoms with Crippen molar-refractivity contribution in [3.63, 3.8) is 0 Å². The van der Waals surface area contributed by atoms with E-state index in [9.17, 15) is 13.2 Å². The second kappa shape index (κ2) is 9.87. The highest BCUT2D eigenvalue weighted by molar-refractivity contribution is 8.00. The molecule has 0 aromatic heterocycles. The van der Waals surface area contributed by atoms with Gasteiger partial charge in [0.15, 0.2) is 0 Å². The molecule has 0 heterocycles. The molecule has 1 amide bonds. The SMILES string of the molecule is CC(C)(C)SCCNC(=O)c1ccc(CN(c2cccc(Cl)c2)S(C)(=O)=O)cc1. The number of halogens is 1. The normalized spacial score (nSPS) is 11.9. The average Bonchev–Trinajstić information content (AvgIpc) is 2.62. The molecule has 2 aromatic rings. The molecule has 0 atom stereocenters. The molecular weight excluding hydrogens is 428 g/mol. The van der Waals surface area contributed by atoms with E-state index in [2.05, 4.69) is 26.1 Å². The molecule has 2 rings (SSSR count). The molecular formula is C21H27ClN2O3S2. The van der Waals surface area contributed by atoms with Gasteiger partial charge in [-0.25, -0.2) is 8.42 Å². The second-order valence-corrected chi connectivity index (χ2v) is 11.9. The number of rotatable bonds is 8. The van der Waals surface area contributed by atoms with Crippen LogP contribution in [-0.4, -0.2) is 37.6 Å². The van der Waals surface area contributed by atoms with Crippen LogP contribution in [0.15, 0.2) is 48.5 Å². The maximum atomic E-state index is 12.3. The number of carbonyl (C=O) groups is 1. The molecule has 2 aromatic carbocycles. The van der Waals surface area contributed by atoms with Crippen molar-refractivity contribution < 1.29 is 13.2 Å². The summed E-state index contributed by atoms with van der Waals surface area (Å²) >= 11 is 7.80. The van der Waals surface area contributed by atoms with E-state index in [4.69, 9.17) is 11.6 Å². The smallest absolute Gasteiger partial charge is 0.251 e. The number of benzene rings is 2. The third-order valence-electron chi connectivity index (χ3n) is 3.96. The minimum absolute atomic E-state index is 0.138. The van der Waals surface area contributed by atoms with Crippen LogP contribution in [-0.2, 0) is 16.6 Å². The quantitative estimate of drug-likeness (QED) is 0.593. The highest BCUT2D eigenvalue weighted by atomic mass is 35.5.